The summed E-state index contributed by atoms with van der Waals surface area (Å²) in [6, 6.07) is 19.9. The summed E-state index contributed by atoms with van der Waals surface area (Å²) in [5.41, 5.74) is 2.97. The first-order valence-corrected chi connectivity index (χ1v) is 10.8. The first-order valence-electron chi connectivity index (χ1n) is 9.23. The Kier molecular flexibility index (Phi) is 6.51. The van der Waals surface area contributed by atoms with E-state index in [0.717, 1.165) is 28.4 Å². The zero-order chi connectivity index (χ0) is 21.8. The van der Waals surface area contributed by atoms with E-state index in [2.05, 4.69) is 9.97 Å². The first kappa shape index (κ1) is 21.3. The van der Waals surface area contributed by atoms with Gasteiger partial charge in [0.05, 0.1) is 11.0 Å². The second-order valence-corrected chi connectivity index (χ2v) is 8.41. The van der Waals surface area contributed by atoms with Crippen LogP contribution < -0.4 is 4.74 Å². The van der Waals surface area contributed by atoms with Crippen molar-refractivity contribution in [1.82, 2.24) is 9.97 Å². The second kappa shape index (κ2) is 9.47. The van der Waals surface area contributed by atoms with Crippen molar-refractivity contribution < 1.29 is 14.6 Å². The Morgan fingerprint density at radius 3 is 2.65 bits per heavy atom. The van der Waals surface area contributed by atoms with Crippen molar-refractivity contribution in [2.24, 2.45) is 0 Å². The van der Waals surface area contributed by atoms with Gasteiger partial charge in [-0.15, -0.1) is 0 Å². The van der Waals surface area contributed by atoms with Crippen LogP contribution in [0.15, 0.2) is 76.8 Å². The normalized spacial score (nSPS) is 11.6. The van der Waals surface area contributed by atoms with Gasteiger partial charge in [0.25, 0.3) is 0 Å². The Hall–Kier alpha value is -2.93. The van der Waals surface area contributed by atoms with Crippen LogP contribution in [0, 0.1) is 0 Å². The lowest BCUT2D eigenvalue weighted by atomic mass is 10.2. The Balaban J connectivity index is 1.63. The van der Waals surface area contributed by atoms with Gasteiger partial charge in [-0.25, -0.2) is 9.78 Å². The molecule has 4 rings (SSSR count). The van der Waals surface area contributed by atoms with Crippen LogP contribution in [0.25, 0.3) is 17.1 Å². The van der Waals surface area contributed by atoms with Crippen molar-refractivity contribution in [3.8, 4) is 5.75 Å². The third kappa shape index (κ3) is 5.22. The van der Waals surface area contributed by atoms with Gasteiger partial charge < -0.3 is 14.8 Å². The van der Waals surface area contributed by atoms with E-state index in [1.165, 1.54) is 6.08 Å². The summed E-state index contributed by atoms with van der Waals surface area (Å²) in [6.45, 7) is 0.237. The molecule has 0 aliphatic carbocycles. The summed E-state index contributed by atoms with van der Waals surface area (Å²) in [5.74, 6) is -0.587. The maximum Gasteiger partial charge on any atom is 0.342 e. The maximum absolute atomic E-state index is 11.9. The highest BCUT2D eigenvalue weighted by molar-refractivity contribution is 8.04. The van der Waals surface area contributed by atoms with Crippen LogP contribution in [0.1, 0.15) is 11.1 Å². The molecule has 156 valence electrons. The van der Waals surface area contributed by atoms with Crippen LogP contribution >= 0.6 is 35.0 Å². The van der Waals surface area contributed by atoms with Crippen LogP contribution in [0.3, 0.4) is 0 Å². The summed E-state index contributed by atoms with van der Waals surface area (Å²) < 4.78 is 5.92. The SMILES string of the molecule is O=C(O)/C(=C/c1cc(Cl)ccc1OCc1ccccc1Cl)Sc1nc2ccccc2[nH]1. The highest BCUT2D eigenvalue weighted by Gasteiger charge is 2.15. The molecule has 0 amide bonds. The number of fused-ring (bicyclic) bond motifs is 1. The molecule has 31 heavy (non-hydrogen) atoms. The second-order valence-electron chi connectivity index (χ2n) is 6.54. The summed E-state index contributed by atoms with van der Waals surface area (Å²) >= 11 is 13.4. The number of thioether (sulfide) groups is 1. The number of halogens is 2. The Labute approximate surface area is 192 Å². The van der Waals surface area contributed by atoms with Gasteiger partial charge in [-0.1, -0.05) is 53.5 Å². The van der Waals surface area contributed by atoms with Gasteiger partial charge in [0.1, 0.15) is 17.3 Å². The van der Waals surface area contributed by atoms with Gasteiger partial charge in [-0.3, -0.25) is 0 Å². The fraction of sp³-hybridized carbons (Fsp3) is 0.0435. The zero-order valence-electron chi connectivity index (χ0n) is 16.0. The van der Waals surface area contributed by atoms with Gasteiger partial charge in [0.15, 0.2) is 5.16 Å². The van der Waals surface area contributed by atoms with Crippen molar-refractivity contribution in [1.29, 1.82) is 0 Å². The number of aromatic nitrogens is 2. The summed E-state index contributed by atoms with van der Waals surface area (Å²) in [7, 11) is 0. The average Bonchev–Trinajstić information content (AvgIpc) is 3.16. The van der Waals surface area contributed by atoms with Gasteiger partial charge in [0.2, 0.25) is 0 Å². The molecule has 4 aromatic rings. The van der Waals surface area contributed by atoms with Crippen molar-refractivity contribution in [2.45, 2.75) is 11.8 Å². The zero-order valence-corrected chi connectivity index (χ0v) is 18.3. The third-order valence-corrected chi connectivity index (χ3v) is 5.89. The minimum atomic E-state index is -1.08. The standard InChI is InChI=1S/C23H16Cl2N2O3S/c24-16-9-10-20(30-13-14-5-1-2-6-17(14)25)15(11-16)12-21(22(28)29)31-23-26-18-7-3-4-8-19(18)27-23/h1-12H,13H2,(H,26,27)(H,28,29)/b21-12-. The van der Waals surface area contributed by atoms with Crippen LogP contribution in [0.5, 0.6) is 5.75 Å². The topological polar surface area (TPSA) is 75.2 Å². The van der Waals surface area contributed by atoms with Crippen LogP contribution in [0.2, 0.25) is 10.0 Å². The van der Waals surface area contributed by atoms with Crippen LogP contribution in [0.4, 0.5) is 0 Å². The molecule has 8 heteroatoms. The molecular formula is C23H16Cl2N2O3S. The van der Waals surface area contributed by atoms with Crippen molar-refractivity contribution in [3.05, 3.63) is 92.8 Å². The fourth-order valence-corrected chi connectivity index (χ4v) is 4.05. The summed E-state index contributed by atoms with van der Waals surface area (Å²) in [4.78, 5) is 19.5. The minimum absolute atomic E-state index is 0.0731. The number of hydrogen-bond donors (Lipinski definition) is 2. The third-order valence-electron chi connectivity index (χ3n) is 4.38. The number of aliphatic carboxylic acids is 1. The molecule has 0 bridgehead atoms. The van der Waals surface area contributed by atoms with Gasteiger partial charge in [-0.05, 0) is 54.2 Å². The monoisotopic (exact) mass is 470 g/mol. The Morgan fingerprint density at radius 1 is 1.10 bits per heavy atom. The average molecular weight is 471 g/mol. The van der Waals surface area contributed by atoms with Crippen molar-refractivity contribution in [3.63, 3.8) is 0 Å². The summed E-state index contributed by atoms with van der Waals surface area (Å²) in [5, 5.41) is 11.3. The van der Waals surface area contributed by atoms with E-state index < -0.39 is 5.97 Å². The van der Waals surface area contributed by atoms with E-state index in [9.17, 15) is 9.90 Å². The lowest BCUT2D eigenvalue weighted by Crippen LogP contribution is -2.00. The van der Waals surface area contributed by atoms with Gasteiger partial charge in [0, 0.05) is 21.2 Å². The molecule has 0 unspecified atom stereocenters. The fourth-order valence-electron chi connectivity index (χ4n) is 2.89. The highest BCUT2D eigenvalue weighted by Crippen LogP contribution is 2.32. The van der Waals surface area contributed by atoms with E-state index in [-0.39, 0.29) is 11.5 Å². The molecule has 3 aromatic carbocycles. The van der Waals surface area contributed by atoms with Gasteiger partial charge in [-0.2, -0.15) is 0 Å². The molecule has 0 aliphatic rings. The number of carboxylic acid groups (broad SMARTS) is 1. The quantitative estimate of drug-likeness (QED) is 0.233. The molecule has 0 spiro atoms. The van der Waals surface area contributed by atoms with Gasteiger partial charge >= 0.3 is 5.97 Å². The number of benzene rings is 3. The number of ether oxygens (including phenoxy) is 1. The molecule has 1 heterocycles. The van der Waals surface area contributed by atoms with E-state index in [0.29, 0.717) is 26.5 Å². The predicted octanol–water partition coefficient (Wildman–Crippen LogP) is 6.67. The first-order chi connectivity index (χ1) is 15.0. The van der Waals surface area contributed by atoms with E-state index >= 15 is 0 Å². The molecule has 0 atom stereocenters. The number of carboxylic acids is 1. The molecule has 5 nitrogen and oxygen atoms in total. The van der Waals surface area contributed by atoms with E-state index in [1.54, 1.807) is 24.3 Å². The maximum atomic E-state index is 11.9. The van der Waals surface area contributed by atoms with Crippen LogP contribution in [-0.2, 0) is 11.4 Å². The number of para-hydroxylation sites is 2. The number of hydrogen-bond acceptors (Lipinski definition) is 4. The Morgan fingerprint density at radius 2 is 1.87 bits per heavy atom. The molecule has 0 saturated carbocycles. The summed E-state index contributed by atoms with van der Waals surface area (Å²) in [6.07, 6.45) is 1.52. The number of rotatable bonds is 7. The minimum Gasteiger partial charge on any atom is -0.488 e. The number of H-pyrrole nitrogens is 1. The molecule has 0 radical (unpaired) electrons. The lowest BCUT2D eigenvalue weighted by molar-refractivity contribution is -0.131. The number of nitrogens with zero attached hydrogens (tertiary/aromatic N) is 1. The smallest absolute Gasteiger partial charge is 0.342 e. The van der Waals surface area contributed by atoms with E-state index in [1.807, 2.05) is 42.5 Å². The number of aromatic amines is 1. The highest BCUT2D eigenvalue weighted by atomic mass is 35.5. The predicted molar refractivity (Wildman–Crippen MR) is 125 cm³/mol. The molecule has 0 aliphatic heterocycles. The Bertz CT molecular complexity index is 1250. The molecule has 2 N–H and O–H groups in total. The largest absolute Gasteiger partial charge is 0.488 e. The number of nitrogens with one attached hydrogen (secondary N) is 1. The van der Waals surface area contributed by atoms with Crippen LogP contribution in [-0.4, -0.2) is 21.0 Å². The van der Waals surface area contributed by atoms with Crippen molar-refractivity contribution >= 4 is 58.0 Å². The van der Waals surface area contributed by atoms with E-state index in [4.69, 9.17) is 27.9 Å². The molecule has 1 aromatic heterocycles. The van der Waals surface area contributed by atoms with Crippen molar-refractivity contribution in [2.75, 3.05) is 0 Å². The number of imidazole rings is 1. The molecule has 0 fully saturated rings. The molecular weight excluding hydrogens is 455 g/mol. The lowest BCUT2D eigenvalue weighted by Gasteiger charge is -2.11. The number of carbonyl (C=O) groups is 1. The molecule has 0 saturated heterocycles.